The van der Waals surface area contributed by atoms with E-state index in [0.29, 0.717) is 36.5 Å². The zero-order valence-electron chi connectivity index (χ0n) is 10.1. The molecular formula is C13H9F3N2O2. The standard InChI is InChI=1S/C13H9F3N2O2/c14-8-6-9(15)13(18-12(8)16)17-7-1-2-10-11(5-7)20-4-3-19-10/h1-2,5-6H,3-4H2,(H,17,18). The monoisotopic (exact) mass is 282 g/mol. The predicted molar refractivity (Wildman–Crippen MR) is 64.8 cm³/mol. The first-order valence-electron chi connectivity index (χ1n) is 5.82. The topological polar surface area (TPSA) is 43.4 Å². The molecule has 0 amide bonds. The minimum atomic E-state index is -1.37. The third-order valence-corrected chi connectivity index (χ3v) is 2.69. The normalized spacial score (nSPS) is 13.2. The molecular weight excluding hydrogens is 273 g/mol. The van der Waals surface area contributed by atoms with E-state index in [2.05, 4.69) is 10.3 Å². The Morgan fingerprint density at radius 2 is 1.70 bits per heavy atom. The molecule has 104 valence electrons. The van der Waals surface area contributed by atoms with Crippen molar-refractivity contribution in [3.8, 4) is 11.5 Å². The van der Waals surface area contributed by atoms with Gasteiger partial charge in [-0.05, 0) is 12.1 Å². The van der Waals surface area contributed by atoms with Gasteiger partial charge in [-0.2, -0.15) is 9.37 Å². The molecule has 0 radical (unpaired) electrons. The lowest BCUT2D eigenvalue weighted by Crippen LogP contribution is -2.15. The lowest BCUT2D eigenvalue weighted by atomic mass is 10.2. The summed E-state index contributed by atoms with van der Waals surface area (Å²) in [6.45, 7) is 0.868. The van der Waals surface area contributed by atoms with E-state index in [1.807, 2.05) is 0 Å². The van der Waals surface area contributed by atoms with Gasteiger partial charge in [0, 0.05) is 17.8 Å². The molecule has 0 saturated heterocycles. The number of aromatic nitrogens is 1. The van der Waals surface area contributed by atoms with Crippen LogP contribution in [0, 0.1) is 17.6 Å². The number of hydrogen-bond donors (Lipinski definition) is 1. The quantitative estimate of drug-likeness (QED) is 0.860. The van der Waals surface area contributed by atoms with Crippen LogP contribution in [0.4, 0.5) is 24.7 Å². The van der Waals surface area contributed by atoms with Crippen molar-refractivity contribution in [2.45, 2.75) is 0 Å². The Balaban J connectivity index is 1.89. The van der Waals surface area contributed by atoms with Crippen LogP contribution in [-0.2, 0) is 0 Å². The molecule has 1 aromatic carbocycles. The molecule has 1 aliphatic rings. The van der Waals surface area contributed by atoms with Crippen LogP contribution in [0.15, 0.2) is 24.3 Å². The van der Waals surface area contributed by atoms with Gasteiger partial charge in [-0.15, -0.1) is 0 Å². The van der Waals surface area contributed by atoms with Crippen molar-refractivity contribution in [2.75, 3.05) is 18.5 Å². The van der Waals surface area contributed by atoms with Gasteiger partial charge < -0.3 is 14.8 Å². The fourth-order valence-electron chi connectivity index (χ4n) is 1.79. The predicted octanol–water partition coefficient (Wildman–Crippen LogP) is 3.01. The van der Waals surface area contributed by atoms with E-state index < -0.39 is 23.4 Å². The number of nitrogens with zero attached hydrogens (tertiary/aromatic N) is 1. The summed E-state index contributed by atoms with van der Waals surface area (Å²) in [5.74, 6) is -3.04. The second kappa shape index (κ2) is 4.92. The maximum absolute atomic E-state index is 13.5. The molecule has 20 heavy (non-hydrogen) atoms. The highest BCUT2D eigenvalue weighted by Gasteiger charge is 2.14. The fourth-order valence-corrected chi connectivity index (χ4v) is 1.79. The molecule has 0 fully saturated rings. The van der Waals surface area contributed by atoms with E-state index in [1.54, 1.807) is 18.2 Å². The molecule has 1 aliphatic heterocycles. The van der Waals surface area contributed by atoms with Crippen molar-refractivity contribution in [2.24, 2.45) is 0 Å². The Bertz CT molecular complexity index is 664. The number of fused-ring (bicyclic) bond motifs is 1. The van der Waals surface area contributed by atoms with E-state index in [-0.39, 0.29) is 0 Å². The Hall–Kier alpha value is -2.44. The van der Waals surface area contributed by atoms with Crippen LogP contribution in [0.25, 0.3) is 0 Å². The molecule has 2 heterocycles. The largest absolute Gasteiger partial charge is 0.486 e. The minimum absolute atomic E-state index is 0.402. The van der Waals surface area contributed by atoms with Crippen LogP contribution in [0.1, 0.15) is 0 Å². The first-order valence-corrected chi connectivity index (χ1v) is 5.82. The van der Waals surface area contributed by atoms with Gasteiger partial charge in [0.05, 0.1) is 0 Å². The highest BCUT2D eigenvalue weighted by Crippen LogP contribution is 2.33. The molecule has 0 unspecified atom stereocenters. The number of anilines is 2. The summed E-state index contributed by atoms with van der Waals surface area (Å²) >= 11 is 0. The Morgan fingerprint density at radius 1 is 0.950 bits per heavy atom. The minimum Gasteiger partial charge on any atom is -0.486 e. The summed E-state index contributed by atoms with van der Waals surface area (Å²) < 4.78 is 49.9. The van der Waals surface area contributed by atoms with Gasteiger partial charge in [-0.25, -0.2) is 8.78 Å². The summed E-state index contributed by atoms with van der Waals surface area (Å²) in [6, 6.07) is 5.23. The van der Waals surface area contributed by atoms with Gasteiger partial charge in [0.1, 0.15) is 13.2 Å². The van der Waals surface area contributed by atoms with Gasteiger partial charge in [0.15, 0.2) is 29.0 Å². The van der Waals surface area contributed by atoms with Crippen LogP contribution in [0.2, 0.25) is 0 Å². The first-order chi connectivity index (χ1) is 9.63. The third kappa shape index (κ3) is 2.34. The van der Waals surface area contributed by atoms with Gasteiger partial charge in [0.2, 0.25) is 0 Å². The van der Waals surface area contributed by atoms with E-state index in [1.165, 1.54) is 0 Å². The highest BCUT2D eigenvalue weighted by molar-refractivity contribution is 5.61. The molecule has 2 aromatic rings. The summed E-state index contributed by atoms with van der Waals surface area (Å²) in [7, 11) is 0. The second-order valence-electron chi connectivity index (χ2n) is 4.07. The third-order valence-electron chi connectivity index (χ3n) is 2.69. The summed E-state index contributed by atoms with van der Waals surface area (Å²) in [4.78, 5) is 3.18. The molecule has 0 atom stereocenters. The first kappa shape index (κ1) is 12.6. The van der Waals surface area contributed by atoms with Crippen molar-refractivity contribution in [1.29, 1.82) is 0 Å². The Morgan fingerprint density at radius 3 is 2.50 bits per heavy atom. The van der Waals surface area contributed by atoms with Crippen LogP contribution >= 0.6 is 0 Å². The van der Waals surface area contributed by atoms with Gasteiger partial charge in [-0.1, -0.05) is 0 Å². The average molecular weight is 282 g/mol. The van der Waals surface area contributed by atoms with E-state index in [9.17, 15) is 13.2 Å². The van der Waals surface area contributed by atoms with Gasteiger partial charge in [0.25, 0.3) is 5.95 Å². The number of rotatable bonds is 2. The zero-order valence-corrected chi connectivity index (χ0v) is 10.1. The van der Waals surface area contributed by atoms with Gasteiger partial charge in [-0.3, -0.25) is 0 Å². The molecule has 0 aliphatic carbocycles. The number of hydrogen-bond acceptors (Lipinski definition) is 4. The number of benzene rings is 1. The molecule has 0 spiro atoms. The molecule has 0 saturated carbocycles. The molecule has 0 bridgehead atoms. The van der Waals surface area contributed by atoms with Crippen molar-refractivity contribution in [3.63, 3.8) is 0 Å². The molecule has 3 rings (SSSR count). The number of nitrogens with one attached hydrogen (secondary N) is 1. The summed E-state index contributed by atoms with van der Waals surface area (Å²) in [5.41, 5.74) is 0.423. The van der Waals surface area contributed by atoms with Crippen molar-refractivity contribution < 1.29 is 22.6 Å². The Labute approximate surface area is 112 Å². The fraction of sp³-hybridized carbons (Fsp3) is 0.154. The van der Waals surface area contributed by atoms with Crippen molar-refractivity contribution in [3.05, 3.63) is 41.8 Å². The van der Waals surface area contributed by atoms with E-state index in [4.69, 9.17) is 9.47 Å². The lowest BCUT2D eigenvalue weighted by molar-refractivity contribution is 0.171. The smallest absolute Gasteiger partial charge is 0.251 e. The number of halogens is 3. The number of pyridine rings is 1. The SMILES string of the molecule is Fc1cc(F)c(Nc2ccc3c(c2)OCCO3)nc1F. The summed E-state index contributed by atoms with van der Waals surface area (Å²) in [6.07, 6.45) is 0. The van der Waals surface area contributed by atoms with Crippen LogP contribution in [0.5, 0.6) is 11.5 Å². The molecule has 4 nitrogen and oxygen atoms in total. The van der Waals surface area contributed by atoms with Crippen molar-refractivity contribution in [1.82, 2.24) is 4.98 Å². The number of ether oxygens (including phenoxy) is 2. The van der Waals surface area contributed by atoms with E-state index in [0.717, 1.165) is 0 Å². The van der Waals surface area contributed by atoms with E-state index >= 15 is 0 Å². The molecule has 1 N–H and O–H groups in total. The van der Waals surface area contributed by atoms with Crippen LogP contribution in [0.3, 0.4) is 0 Å². The molecule has 7 heteroatoms. The maximum Gasteiger partial charge on any atom is 0.251 e. The van der Waals surface area contributed by atoms with Crippen LogP contribution in [-0.4, -0.2) is 18.2 Å². The average Bonchev–Trinajstić information content (AvgIpc) is 2.44. The van der Waals surface area contributed by atoms with Gasteiger partial charge >= 0.3 is 0 Å². The second-order valence-corrected chi connectivity index (χ2v) is 4.07. The van der Waals surface area contributed by atoms with Crippen molar-refractivity contribution >= 4 is 11.5 Å². The highest BCUT2D eigenvalue weighted by atomic mass is 19.2. The lowest BCUT2D eigenvalue weighted by Gasteiger charge is -2.19. The van der Waals surface area contributed by atoms with Crippen LogP contribution < -0.4 is 14.8 Å². The molecule has 1 aromatic heterocycles. The summed E-state index contributed by atoms with van der Waals surface area (Å²) in [5, 5.41) is 2.56. The zero-order chi connectivity index (χ0) is 14.1. The Kier molecular flexibility index (Phi) is 3.09. The maximum atomic E-state index is 13.5.